The van der Waals surface area contributed by atoms with Crippen LogP contribution >= 0.6 is 31.9 Å². The highest BCUT2D eigenvalue weighted by Gasteiger charge is 2.45. The topological polar surface area (TPSA) is 0 Å². The molecule has 2 aliphatic rings. The third-order valence-electron chi connectivity index (χ3n) is 10.6. The fourth-order valence-corrected chi connectivity index (χ4v) is 13.8. The molecule has 0 amide bonds. The van der Waals surface area contributed by atoms with Gasteiger partial charge in [0.25, 0.3) is 0 Å². The van der Waals surface area contributed by atoms with Gasteiger partial charge in [-0.3, -0.25) is 0 Å². The first-order chi connectivity index (χ1) is 21.6. The first-order valence-corrected chi connectivity index (χ1v) is 19.2. The molecule has 0 bridgehead atoms. The Morgan fingerprint density at radius 2 is 0.711 bits per heavy atom. The van der Waals surface area contributed by atoms with Crippen molar-refractivity contribution in [3.8, 4) is 22.3 Å². The molecule has 0 aliphatic heterocycles. The molecule has 0 aromatic heterocycles. The van der Waals surface area contributed by atoms with Crippen molar-refractivity contribution < 1.29 is 0 Å². The van der Waals surface area contributed by atoms with Gasteiger partial charge < -0.3 is 0 Å². The molecule has 6 aromatic rings. The van der Waals surface area contributed by atoms with Crippen molar-refractivity contribution in [1.82, 2.24) is 0 Å². The van der Waals surface area contributed by atoms with Crippen molar-refractivity contribution >= 4 is 60.7 Å². The Balaban J connectivity index is 1.44. The van der Waals surface area contributed by atoms with Crippen LogP contribution in [-0.4, -0.2) is 8.07 Å². The molecule has 2 aliphatic carbocycles. The molecule has 0 radical (unpaired) electrons. The molecule has 0 nitrogen and oxygen atoms in total. The van der Waals surface area contributed by atoms with Gasteiger partial charge in [0.05, 0.1) is 0 Å². The second-order valence-electron chi connectivity index (χ2n) is 13.6. The molecule has 0 heterocycles. The lowest BCUT2D eigenvalue weighted by atomic mass is 9.82. The first kappa shape index (κ1) is 28.9. The average molecular weight is 727 g/mol. The van der Waals surface area contributed by atoms with Crippen molar-refractivity contribution in [1.29, 1.82) is 0 Å². The second kappa shape index (κ2) is 10.3. The van der Waals surface area contributed by atoms with Crippen molar-refractivity contribution in [2.24, 2.45) is 0 Å². The second-order valence-corrected chi connectivity index (χ2v) is 19.3. The van der Waals surface area contributed by atoms with E-state index in [-0.39, 0.29) is 10.8 Å². The average Bonchev–Trinajstić information content (AvgIpc) is 3.41. The summed E-state index contributed by atoms with van der Waals surface area (Å²) in [6.45, 7) is 9.54. The van der Waals surface area contributed by atoms with E-state index in [2.05, 4.69) is 193 Å². The molecule has 0 fully saturated rings. The van der Waals surface area contributed by atoms with Crippen LogP contribution in [0.1, 0.15) is 49.9 Å². The van der Waals surface area contributed by atoms with Gasteiger partial charge in [-0.05, 0) is 89.5 Å². The van der Waals surface area contributed by atoms with Crippen molar-refractivity contribution in [3.05, 3.63) is 165 Å². The van der Waals surface area contributed by atoms with Crippen LogP contribution in [0.15, 0.2) is 142 Å². The number of fused-ring (bicyclic) bond motifs is 6. The summed E-state index contributed by atoms with van der Waals surface area (Å²) in [4.78, 5) is 0. The predicted octanol–water partition coefficient (Wildman–Crippen LogP) is 9.20. The van der Waals surface area contributed by atoms with Gasteiger partial charge in [-0.1, -0.05) is 169 Å². The van der Waals surface area contributed by atoms with Crippen LogP contribution in [0.25, 0.3) is 22.3 Å². The molecule has 0 N–H and O–H groups in total. The minimum Gasteiger partial charge on any atom is -0.0623 e. The standard InChI is InChI=1S/C42H34Br2Si/c1-41(2)37-23-27(43)15-19-33(37)35-21-17-31(25-39(35)41)45(29-11-7-5-8-12-29,30-13-9-6-10-14-30)32-18-22-36-34-20-16-28(44)24-38(34)42(3,4)40(36)26-32/h5-26H,1-4H3. The number of benzene rings is 6. The maximum atomic E-state index is 3.75. The summed E-state index contributed by atoms with van der Waals surface area (Å²) in [6.07, 6.45) is 0. The molecule has 8 rings (SSSR count). The lowest BCUT2D eigenvalue weighted by Crippen LogP contribution is -2.75. The van der Waals surface area contributed by atoms with E-state index in [0.29, 0.717) is 0 Å². The summed E-state index contributed by atoms with van der Waals surface area (Å²) >= 11 is 7.50. The van der Waals surface area contributed by atoms with Gasteiger partial charge in [0.2, 0.25) is 0 Å². The van der Waals surface area contributed by atoms with Crippen molar-refractivity contribution in [2.75, 3.05) is 0 Å². The Morgan fingerprint density at radius 3 is 1.09 bits per heavy atom. The zero-order chi connectivity index (χ0) is 31.1. The summed E-state index contributed by atoms with van der Waals surface area (Å²) in [5, 5.41) is 5.66. The molecule has 0 saturated carbocycles. The summed E-state index contributed by atoms with van der Waals surface area (Å²) in [6, 6.07) is 51.0. The number of hydrogen-bond acceptors (Lipinski definition) is 0. The monoisotopic (exact) mass is 724 g/mol. The lowest BCUT2D eigenvalue weighted by molar-refractivity contribution is 0.660. The van der Waals surface area contributed by atoms with Crippen LogP contribution in [0.5, 0.6) is 0 Å². The molecular weight excluding hydrogens is 692 g/mol. The van der Waals surface area contributed by atoms with E-state index in [1.807, 2.05) is 0 Å². The van der Waals surface area contributed by atoms with Crippen LogP contribution in [0.2, 0.25) is 0 Å². The Bertz CT molecular complexity index is 1970. The summed E-state index contributed by atoms with van der Waals surface area (Å²) in [7, 11) is -2.76. The molecule has 0 saturated heterocycles. The Labute approximate surface area is 284 Å². The van der Waals surface area contributed by atoms with E-state index in [1.165, 1.54) is 65.3 Å². The normalized spacial score (nSPS) is 15.2. The molecular formula is C42H34Br2Si. The zero-order valence-corrected chi connectivity index (χ0v) is 30.1. The third-order valence-corrected chi connectivity index (χ3v) is 16.3. The maximum absolute atomic E-state index is 3.75. The van der Waals surface area contributed by atoms with Gasteiger partial charge in [-0.2, -0.15) is 0 Å². The highest BCUT2D eigenvalue weighted by atomic mass is 79.9. The van der Waals surface area contributed by atoms with Crippen LogP contribution < -0.4 is 20.7 Å². The molecule has 6 aromatic carbocycles. The number of hydrogen-bond donors (Lipinski definition) is 0. The molecule has 0 atom stereocenters. The van der Waals surface area contributed by atoms with Gasteiger partial charge in [0.15, 0.2) is 8.07 Å². The minimum atomic E-state index is -2.76. The van der Waals surface area contributed by atoms with E-state index >= 15 is 0 Å². The van der Waals surface area contributed by atoms with Crippen molar-refractivity contribution in [3.63, 3.8) is 0 Å². The quantitative estimate of drug-likeness (QED) is 0.126. The summed E-state index contributed by atoms with van der Waals surface area (Å²) < 4.78 is 2.27. The largest absolute Gasteiger partial charge is 0.179 e. The highest BCUT2D eigenvalue weighted by Crippen LogP contribution is 2.50. The summed E-state index contributed by atoms with van der Waals surface area (Å²) in [5.41, 5.74) is 10.8. The van der Waals surface area contributed by atoms with Gasteiger partial charge >= 0.3 is 0 Å². The SMILES string of the molecule is CC1(C)c2cc(Br)ccc2-c2ccc([Si](c3ccccc3)(c3ccccc3)c3ccc4c(c3)C(C)(C)c3cc(Br)ccc3-4)cc21. The zero-order valence-electron chi connectivity index (χ0n) is 26.0. The highest BCUT2D eigenvalue weighted by molar-refractivity contribution is 9.10. The van der Waals surface area contributed by atoms with Crippen LogP contribution in [0.4, 0.5) is 0 Å². The Hall–Kier alpha value is -3.50. The van der Waals surface area contributed by atoms with Gasteiger partial charge in [-0.15, -0.1) is 0 Å². The number of rotatable bonds is 4. The van der Waals surface area contributed by atoms with Gasteiger partial charge in [-0.25, -0.2) is 0 Å². The first-order valence-electron chi connectivity index (χ1n) is 15.7. The van der Waals surface area contributed by atoms with E-state index in [9.17, 15) is 0 Å². The van der Waals surface area contributed by atoms with E-state index in [0.717, 1.165) is 8.95 Å². The molecule has 45 heavy (non-hydrogen) atoms. The Kier molecular flexibility index (Phi) is 6.59. The minimum absolute atomic E-state index is 0.104. The van der Waals surface area contributed by atoms with Gasteiger partial charge in [0.1, 0.15) is 0 Å². The fourth-order valence-electron chi connectivity index (χ4n) is 8.26. The lowest BCUT2D eigenvalue weighted by Gasteiger charge is -2.36. The van der Waals surface area contributed by atoms with Gasteiger partial charge in [0, 0.05) is 19.8 Å². The van der Waals surface area contributed by atoms with Crippen LogP contribution in [0.3, 0.4) is 0 Å². The Morgan fingerprint density at radius 1 is 0.378 bits per heavy atom. The molecule has 0 unspecified atom stereocenters. The fraction of sp³-hybridized carbons (Fsp3) is 0.143. The maximum Gasteiger partial charge on any atom is 0.179 e. The molecule has 3 heteroatoms. The summed E-state index contributed by atoms with van der Waals surface area (Å²) in [5.74, 6) is 0. The van der Waals surface area contributed by atoms with E-state index in [4.69, 9.17) is 0 Å². The predicted molar refractivity (Wildman–Crippen MR) is 201 cm³/mol. The smallest absolute Gasteiger partial charge is 0.0623 e. The van der Waals surface area contributed by atoms with Crippen molar-refractivity contribution in [2.45, 2.75) is 38.5 Å². The molecule has 220 valence electrons. The van der Waals surface area contributed by atoms with E-state index < -0.39 is 8.07 Å². The molecule has 0 spiro atoms. The van der Waals surface area contributed by atoms with E-state index in [1.54, 1.807) is 0 Å². The van der Waals surface area contributed by atoms with Crippen LogP contribution in [0, 0.1) is 0 Å². The third kappa shape index (κ3) is 4.13. The van der Waals surface area contributed by atoms with Crippen LogP contribution in [-0.2, 0) is 10.8 Å². The number of halogens is 2.